The first kappa shape index (κ1) is 14.1. The number of tetrazole rings is 1. The van der Waals surface area contributed by atoms with Gasteiger partial charge in [-0.05, 0) is 28.8 Å². The van der Waals surface area contributed by atoms with E-state index < -0.39 is 0 Å². The zero-order chi connectivity index (χ0) is 15.6. The number of aromatic nitrogens is 5. The van der Waals surface area contributed by atoms with E-state index in [1.165, 1.54) is 4.80 Å². The Kier molecular flexibility index (Phi) is 3.64. The molecule has 0 aliphatic heterocycles. The van der Waals surface area contributed by atoms with E-state index in [-0.39, 0.29) is 0 Å². The lowest BCUT2D eigenvalue weighted by atomic mass is 10.2. The van der Waals surface area contributed by atoms with Gasteiger partial charge in [0.15, 0.2) is 5.76 Å². The molecule has 0 amide bonds. The molecule has 0 saturated carbocycles. The van der Waals surface area contributed by atoms with Crippen LogP contribution in [0.4, 0.5) is 0 Å². The van der Waals surface area contributed by atoms with Crippen molar-refractivity contribution in [2.75, 3.05) is 0 Å². The Hall–Kier alpha value is -2.51. The van der Waals surface area contributed by atoms with Crippen molar-refractivity contribution < 1.29 is 4.52 Å². The van der Waals surface area contributed by atoms with E-state index in [1.807, 2.05) is 41.8 Å². The summed E-state index contributed by atoms with van der Waals surface area (Å²) >= 11 is 7.75. The fourth-order valence-electron chi connectivity index (χ4n) is 2.13. The van der Waals surface area contributed by atoms with Crippen LogP contribution >= 0.6 is 22.9 Å². The number of rotatable bonds is 4. The van der Waals surface area contributed by atoms with Crippen LogP contribution in [0.15, 0.2) is 52.4 Å². The highest BCUT2D eigenvalue weighted by atomic mass is 35.5. The zero-order valence-electron chi connectivity index (χ0n) is 11.8. The van der Waals surface area contributed by atoms with Crippen LogP contribution in [0.1, 0.15) is 5.69 Å². The SMILES string of the molecule is Clc1ccccc1-c1nnn(Cc2cc(-c3cccs3)on2)n1. The molecule has 4 rings (SSSR count). The van der Waals surface area contributed by atoms with Gasteiger partial charge in [-0.25, -0.2) is 0 Å². The third kappa shape index (κ3) is 2.88. The number of halogens is 1. The maximum absolute atomic E-state index is 6.15. The molecule has 0 unspecified atom stereocenters. The molecule has 3 heterocycles. The molecule has 0 fully saturated rings. The lowest BCUT2D eigenvalue weighted by molar-refractivity contribution is 0.416. The van der Waals surface area contributed by atoms with Crippen molar-refractivity contribution in [1.82, 2.24) is 25.4 Å². The molecule has 0 atom stereocenters. The number of nitrogens with zero attached hydrogens (tertiary/aromatic N) is 5. The van der Waals surface area contributed by atoms with Gasteiger partial charge in [-0.15, -0.1) is 21.5 Å². The maximum atomic E-state index is 6.15. The minimum Gasteiger partial charge on any atom is -0.355 e. The molecular formula is C15H10ClN5OS. The largest absolute Gasteiger partial charge is 0.355 e. The van der Waals surface area contributed by atoms with E-state index in [4.69, 9.17) is 16.1 Å². The molecule has 0 saturated heterocycles. The molecular weight excluding hydrogens is 334 g/mol. The third-order valence-electron chi connectivity index (χ3n) is 3.19. The van der Waals surface area contributed by atoms with Crippen LogP contribution < -0.4 is 0 Å². The van der Waals surface area contributed by atoms with E-state index in [0.717, 1.165) is 21.9 Å². The van der Waals surface area contributed by atoms with Crippen molar-refractivity contribution in [3.63, 3.8) is 0 Å². The Labute approximate surface area is 140 Å². The zero-order valence-corrected chi connectivity index (χ0v) is 13.3. The second-order valence-corrected chi connectivity index (χ2v) is 6.14. The molecule has 23 heavy (non-hydrogen) atoms. The summed E-state index contributed by atoms with van der Waals surface area (Å²) in [6.45, 7) is 0.381. The van der Waals surface area contributed by atoms with Gasteiger partial charge in [0.2, 0.25) is 5.82 Å². The highest BCUT2D eigenvalue weighted by molar-refractivity contribution is 7.13. The van der Waals surface area contributed by atoms with Crippen LogP contribution in [0, 0.1) is 0 Å². The second kappa shape index (κ2) is 5.94. The van der Waals surface area contributed by atoms with Gasteiger partial charge in [0.25, 0.3) is 0 Å². The summed E-state index contributed by atoms with van der Waals surface area (Å²) in [5, 5.41) is 19.0. The molecule has 0 spiro atoms. The van der Waals surface area contributed by atoms with Gasteiger partial charge >= 0.3 is 0 Å². The topological polar surface area (TPSA) is 69.6 Å². The smallest absolute Gasteiger partial charge is 0.206 e. The maximum Gasteiger partial charge on any atom is 0.206 e. The van der Waals surface area contributed by atoms with Gasteiger partial charge in [-0.3, -0.25) is 0 Å². The molecule has 4 aromatic rings. The van der Waals surface area contributed by atoms with E-state index >= 15 is 0 Å². The van der Waals surface area contributed by atoms with Crippen LogP contribution in [0.2, 0.25) is 5.02 Å². The number of thiophene rings is 1. The monoisotopic (exact) mass is 343 g/mol. The Balaban J connectivity index is 1.55. The van der Waals surface area contributed by atoms with Gasteiger partial charge in [-0.2, -0.15) is 4.80 Å². The molecule has 0 radical (unpaired) electrons. The van der Waals surface area contributed by atoms with E-state index in [1.54, 1.807) is 17.4 Å². The first-order valence-corrected chi connectivity index (χ1v) is 8.07. The van der Waals surface area contributed by atoms with Gasteiger partial charge in [0.05, 0.1) is 9.90 Å². The molecule has 8 heteroatoms. The Bertz CT molecular complexity index is 931. The lowest BCUT2D eigenvalue weighted by Crippen LogP contribution is -2.04. The Morgan fingerprint density at radius 2 is 2.09 bits per heavy atom. The normalized spacial score (nSPS) is 11.0. The van der Waals surface area contributed by atoms with Gasteiger partial charge < -0.3 is 4.52 Å². The quantitative estimate of drug-likeness (QED) is 0.564. The van der Waals surface area contributed by atoms with Crippen molar-refractivity contribution in [3.8, 4) is 22.0 Å². The van der Waals surface area contributed by atoms with Gasteiger partial charge in [-0.1, -0.05) is 35.0 Å². The summed E-state index contributed by atoms with van der Waals surface area (Å²) in [5.41, 5.74) is 1.48. The van der Waals surface area contributed by atoms with Crippen LogP contribution in [0.25, 0.3) is 22.0 Å². The minimum atomic E-state index is 0.381. The van der Waals surface area contributed by atoms with E-state index in [0.29, 0.717) is 17.4 Å². The molecule has 0 aliphatic carbocycles. The first-order valence-electron chi connectivity index (χ1n) is 6.82. The van der Waals surface area contributed by atoms with E-state index in [2.05, 4.69) is 20.6 Å². The summed E-state index contributed by atoms with van der Waals surface area (Å²) in [6.07, 6.45) is 0. The highest BCUT2D eigenvalue weighted by Crippen LogP contribution is 2.26. The standard InChI is InChI=1S/C15H10ClN5OS/c16-12-5-2-1-4-11(12)15-17-20-21(18-15)9-10-8-13(22-19-10)14-6-3-7-23-14/h1-8H,9H2. The highest BCUT2D eigenvalue weighted by Gasteiger charge is 2.12. The first-order chi connectivity index (χ1) is 11.3. The third-order valence-corrected chi connectivity index (χ3v) is 4.41. The predicted octanol–water partition coefficient (Wildman–Crippen LogP) is 3.76. The van der Waals surface area contributed by atoms with Crippen LogP contribution in [-0.4, -0.2) is 25.4 Å². The molecule has 114 valence electrons. The number of hydrogen-bond acceptors (Lipinski definition) is 6. The summed E-state index contributed by atoms with van der Waals surface area (Å²) in [7, 11) is 0. The Morgan fingerprint density at radius 1 is 1.17 bits per heavy atom. The fraction of sp³-hybridized carbons (Fsp3) is 0.0667. The average Bonchev–Trinajstić information content (AvgIpc) is 3.29. The van der Waals surface area contributed by atoms with Crippen molar-refractivity contribution in [1.29, 1.82) is 0 Å². The van der Waals surface area contributed by atoms with Crippen molar-refractivity contribution in [2.45, 2.75) is 6.54 Å². The van der Waals surface area contributed by atoms with Gasteiger partial charge in [0.1, 0.15) is 12.2 Å². The molecule has 3 aromatic heterocycles. The van der Waals surface area contributed by atoms with Crippen LogP contribution in [0.5, 0.6) is 0 Å². The molecule has 0 aliphatic rings. The fourth-order valence-corrected chi connectivity index (χ4v) is 3.02. The van der Waals surface area contributed by atoms with Crippen molar-refractivity contribution in [2.24, 2.45) is 0 Å². The molecule has 0 bridgehead atoms. The van der Waals surface area contributed by atoms with Crippen molar-refractivity contribution in [3.05, 3.63) is 58.6 Å². The lowest BCUT2D eigenvalue weighted by Gasteiger charge is -1.96. The minimum absolute atomic E-state index is 0.381. The second-order valence-electron chi connectivity index (χ2n) is 4.78. The predicted molar refractivity (Wildman–Crippen MR) is 87.2 cm³/mol. The summed E-state index contributed by atoms with van der Waals surface area (Å²) in [5.74, 6) is 1.22. The molecule has 1 aromatic carbocycles. The molecule has 6 nitrogen and oxygen atoms in total. The van der Waals surface area contributed by atoms with Gasteiger partial charge in [0, 0.05) is 11.6 Å². The van der Waals surface area contributed by atoms with E-state index in [9.17, 15) is 0 Å². The van der Waals surface area contributed by atoms with Crippen LogP contribution in [0.3, 0.4) is 0 Å². The average molecular weight is 344 g/mol. The van der Waals surface area contributed by atoms with Crippen LogP contribution in [-0.2, 0) is 6.54 Å². The Morgan fingerprint density at radius 3 is 2.91 bits per heavy atom. The number of hydrogen-bond donors (Lipinski definition) is 0. The summed E-state index contributed by atoms with van der Waals surface area (Å²) < 4.78 is 5.34. The summed E-state index contributed by atoms with van der Waals surface area (Å²) in [6, 6.07) is 13.2. The number of benzene rings is 1. The molecule has 0 N–H and O–H groups in total. The van der Waals surface area contributed by atoms with Crippen molar-refractivity contribution >= 4 is 22.9 Å². The summed E-state index contributed by atoms with van der Waals surface area (Å²) in [4.78, 5) is 2.50.